The SMILES string of the molecule is CF.FC(F)F.c1ccccc1. The minimum atomic E-state index is -3.67. The van der Waals surface area contributed by atoms with Crippen LogP contribution in [0.2, 0.25) is 0 Å². The quantitative estimate of drug-likeness (QED) is 0.539. The fourth-order valence-corrected chi connectivity index (χ4v) is 0.385. The maximum absolute atomic E-state index is 9.67. The molecule has 0 unspecified atom stereocenters. The molecule has 12 heavy (non-hydrogen) atoms. The lowest BCUT2D eigenvalue weighted by Crippen LogP contribution is -1.65. The third-order valence-corrected chi connectivity index (χ3v) is 0.667. The summed E-state index contributed by atoms with van der Waals surface area (Å²) < 4.78 is 38.5. The molecule has 0 spiro atoms. The van der Waals surface area contributed by atoms with Gasteiger partial charge in [-0.3, -0.25) is 4.39 Å². The summed E-state index contributed by atoms with van der Waals surface area (Å²) in [5.74, 6) is 0. The highest BCUT2D eigenvalue weighted by atomic mass is 19.4. The molecule has 1 aromatic carbocycles. The van der Waals surface area contributed by atoms with Crippen LogP contribution in [-0.4, -0.2) is 13.9 Å². The molecule has 0 heterocycles. The van der Waals surface area contributed by atoms with Crippen LogP contribution in [0.25, 0.3) is 0 Å². The Bertz CT molecular complexity index is 112. The van der Waals surface area contributed by atoms with Crippen molar-refractivity contribution in [3.63, 3.8) is 0 Å². The third-order valence-electron chi connectivity index (χ3n) is 0.667. The van der Waals surface area contributed by atoms with Gasteiger partial charge < -0.3 is 0 Å². The molecule has 0 aromatic heterocycles. The largest absolute Gasteiger partial charge is 0.379 e. The molecule has 0 radical (unpaired) electrons. The summed E-state index contributed by atoms with van der Waals surface area (Å²) in [6.07, 6.45) is 0. The molecule has 4 heteroatoms. The van der Waals surface area contributed by atoms with Crippen LogP contribution < -0.4 is 0 Å². The zero-order valence-electron chi connectivity index (χ0n) is 6.55. The molecule has 1 rings (SSSR count). The van der Waals surface area contributed by atoms with Gasteiger partial charge in [-0.05, 0) is 0 Å². The van der Waals surface area contributed by atoms with Gasteiger partial charge in [0, 0.05) is 0 Å². The molecule has 1 aromatic rings. The zero-order valence-corrected chi connectivity index (χ0v) is 6.55. The molecule has 0 fully saturated rings. The average molecular weight is 182 g/mol. The average Bonchev–Trinajstić information content (AvgIpc) is 2.10. The lowest BCUT2D eigenvalue weighted by Gasteiger charge is -1.69. The van der Waals surface area contributed by atoms with Gasteiger partial charge >= 0.3 is 6.68 Å². The van der Waals surface area contributed by atoms with E-state index in [1.807, 2.05) is 36.4 Å². The van der Waals surface area contributed by atoms with Crippen LogP contribution in [0.3, 0.4) is 0 Å². The number of rotatable bonds is 0. The van der Waals surface area contributed by atoms with Gasteiger partial charge in [-0.15, -0.1) is 0 Å². The number of alkyl halides is 4. The first-order chi connectivity index (χ1) is 5.73. The van der Waals surface area contributed by atoms with Crippen molar-refractivity contribution in [3.05, 3.63) is 36.4 Å². The lowest BCUT2D eigenvalue weighted by atomic mass is 10.4. The van der Waals surface area contributed by atoms with E-state index < -0.39 is 6.68 Å². The molecular formula is C8H10F4. The van der Waals surface area contributed by atoms with Crippen LogP contribution in [-0.2, 0) is 0 Å². The van der Waals surface area contributed by atoms with Gasteiger partial charge in [0.1, 0.15) is 0 Å². The van der Waals surface area contributed by atoms with E-state index >= 15 is 0 Å². The van der Waals surface area contributed by atoms with Gasteiger partial charge in [-0.2, -0.15) is 13.2 Å². The van der Waals surface area contributed by atoms with Crippen LogP contribution in [0.1, 0.15) is 0 Å². The first-order valence-electron chi connectivity index (χ1n) is 3.03. The normalized spacial score (nSPS) is 7.50. The maximum atomic E-state index is 9.67. The van der Waals surface area contributed by atoms with Crippen molar-refractivity contribution in [2.75, 3.05) is 7.18 Å². The summed E-state index contributed by atoms with van der Waals surface area (Å²) >= 11 is 0. The Hall–Kier alpha value is -1.06. The molecular weight excluding hydrogens is 172 g/mol. The van der Waals surface area contributed by atoms with Crippen LogP contribution >= 0.6 is 0 Å². The van der Waals surface area contributed by atoms with E-state index in [2.05, 4.69) is 0 Å². The summed E-state index contributed by atoms with van der Waals surface area (Å²) in [6, 6.07) is 12.0. The monoisotopic (exact) mass is 182 g/mol. The van der Waals surface area contributed by atoms with Crippen LogP contribution in [0, 0.1) is 0 Å². The predicted octanol–water partition coefficient (Wildman–Crippen LogP) is 3.45. The predicted molar refractivity (Wildman–Crippen MR) is 40.6 cm³/mol. The van der Waals surface area contributed by atoms with Crippen molar-refractivity contribution in [1.29, 1.82) is 0 Å². The van der Waals surface area contributed by atoms with Gasteiger partial charge in [-0.1, -0.05) is 36.4 Å². The van der Waals surface area contributed by atoms with Gasteiger partial charge in [-0.25, -0.2) is 0 Å². The highest BCUT2D eigenvalue weighted by Crippen LogP contribution is 1.87. The number of halogens is 4. The molecule has 0 saturated heterocycles. The van der Waals surface area contributed by atoms with Crippen molar-refractivity contribution >= 4 is 0 Å². The minimum Gasteiger partial charge on any atom is -0.255 e. The van der Waals surface area contributed by atoms with Crippen LogP contribution in [0.15, 0.2) is 36.4 Å². The fraction of sp³-hybridized carbons (Fsp3) is 0.250. The van der Waals surface area contributed by atoms with Crippen molar-refractivity contribution in [3.8, 4) is 0 Å². The van der Waals surface area contributed by atoms with E-state index in [0.717, 1.165) is 0 Å². The second-order valence-electron chi connectivity index (χ2n) is 1.40. The Kier molecular flexibility index (Phi) is 14.2. The van der Waals surface area contributed by atoms with Gasteiger partial charge in [0.25, 0.3) is 0 Å². The van der Waals surface area contributed by atoms with Crippen molar-refractivity contribution in [2.45, 2.75) is 6.68 Å². The Labute approximate surface area is 68.8 Å². The lowest BCUT2D eigenvalue weighted by molar-refractivity contribution is 0.00819. The summed E-state index contributed by atoms with van der Waals surface area (Å²) in [5.41, 5.74) is 0. The molecule has 0 saturated carbocycles. The molecule has 0 aliphatic heterocycles. The van der Waals surface area contributed by atoms with E-state index in [9.17, 15) is 17.6 Å². The molecule has 0 aliphatic carbocycles. The highest BCUT2D eigenvalue weighted by molar-refractivity contribution is 4.99. The van der Waals surface area contributed by atoms with Crippen LogP contribution in [0.5, 0.6) is 0 Å². The summed E-state index contributed by atoms with van der Waals surface area (Å²) in [7, 11) is 0.500. The Morgan fingerprint density at radius 1 is 0.667 bits per heavy atom. The van der Waals surface area contributed by atoms with E-state index in [4.69, 9.17) is 0 Å². The van der Waals surface area contributed by atoms with Crippen LogP contribution in [0.4, 0.5) is 17.6 Å². The molecule has 0 nitrogen and oxygen atoms in total. The van der Waals surface area contributed by atoms with Gasteiger partial charge in [0.15, 0.2) is 0 Å². The molecule has 0 N–H and O–H groups in total. The highest BCUT2D eigenvalue weighted by Gasteiger charge is 1.86. The zero-order chi connectivity index (χ0) is 9.82. The molecule has 0 amide bonds. The second kappa shape index (κ2) is 12.6. The second-order valence-corrected chi connectivity index (χ2v) is 1.40. The molecule has 0 aliphatic rings. The van der Waals surface area contributed by atoms with Gasteiger partial charge in [0.2, 0.25) is 0 Å². The third kappa shape index (κ3) is 23.1. The summed E-state index contributed by atoms with van der Waals surface area (Å²) in [6.45, 7) is -3.67. The number of hydrogen-bond acceptors (Lipinski definition) is 0. The fourth-order valence-electron chi connectivity index (χ4n) is 0.385. The van der Waals surface area contributed by atoms with E-state index in [0.29, 0.717) is 7.18 Å². The standard InChI is InChI=1S/C6H6.CHF3.CH3F/c1-2-4-6-5-3-1;2-1(3)4;1-2/h1-6H;1H;1H3. The first kappa shape index (κ1) is 13.5. The first-order valence-corrected chi connectivity index (χ1v) is 3.03. The van der Waals surface area contributed by atoms with Gasteiger partial charge in [0.05, 0.1) is 7.18 Å². The van der Waals surface area contributed by atoms with Crippen molar-refractivity contribution in [2.24, 2.45) is 0 Å². The number of hydrogen-bond donors (Lipinski definition) is 0. The summed E-state index contributed by atoms with van der Waals surface area (Å²) in [4.78, 5) is 0. The molecule has 70 valence electrons. The molecule has 0 atom stereocenters. The van der Waals surface area contributed by atoms with Crippen molar-refractivity contribution in [1.82, 2.24) is 0 Å². The van der Waals surface area contributed by atoms with E-state index in [1.165, 1.54) is 0 Å². The smallest absolute Gasteiger partial charge is 0.255 e. The Balaban J connectivity index is 0. The summed E-state index contributed by atoms with van der Waals surface area (Å²) in [5, 5.41) is 0. The Morgan fingerprint density at radius 2 is 0.750 bits per heavy atom. The maximum Gasteiger partial charge on any atom is 0.379 e. The van der Waals surface area contributed by atoms with Crippen molar-refractivity contribution < 1.29 is 17.6 Å². The van der Waals surface area contributed by atoms with E-state index in [-0.39, 0.29) is 0 Å². The molecule has 0 bridgehead atoms. The number of benzene rings is 1. The minimum absolute atomic E-state index is 0.500. The topological polar surface area (TPSA) is 0 Å². The van der Waals surface area contributed by atoms with E-state index in [1.54, 1.807) is 0 Å². The Morgan fingerprint density at radius 3 is 0.833 bits per heavy atom.